The molecule has 2 aromatic carbocycles. The molecule has 1 unspecified atom stereocenters. The van der Waals surface area contributed by atoms with Gasteiger partial charge in [0.2, 0.25) is 0 Å². The normalized spacial score (nSPS) is 17.8. The van der Waals surface area contributed by atoms with Gasteiger partial charge in [-0.3, -0.25) is 14.5 Å². The lowest BCUT2D eigenvalue weighted by Crippen LogP contribution is -2.29. The summed E-state index contributed by atoms with van der Waals surface area (Å²) in [6, 6.07) is 12.7. The number of halogens is 2. The summed E-state index contributed by atoms with van der Waals surface area (Å²) >= 11 is 9.68. The van der Waals surface area contributed by atoms with E-state index >= 15 is 0 Å². The van der Waals surface area contributed by atoms with Crippen molar-refractivity contribution in [3.05, 3.63) is 86.2 Å². The second-order valence-electron chi connectivity index (χ2n) is 7.42. The highest BCUT2D eigenvalue weighted by Gasteiger charge is 2.48. The Morgan fingerprint density at radius 2 is 1.81 bits per heavy atom. The average Bonchev–Trinajstić information content (AvgIpc) is 3.29. The third-order valence-electron chi connectivity index (χ3n) is 5.23. The zero-order chi connectivity index (χ0) is 23.2. The number of amides is 1. The SMILES string of the molecule is COc1c(Cl)cc(C)cc1/C(O)=C1\C(=O)C(=O)N(c2ccc(Br)cc2)C1c1ccc(C)o1. The zero-order valence-electron chi connectivity index (χ0n) is 17.5. The standard InChI is InChI=1S/C24H19BrClNO5/c1-12-10-16(23(31-3)17(26)11-12)21(28)19-20(18-9-4-13(2)32-18)27(24(30)22(19)29)15-7-5-14(25)6-8-15/h4-11,20,28H,1-3H3/b21-19+. The second kappa shape index (κ2) is 8.48. The van der Waals surface area contributed by atoms with Crippen LogP contribution in [0, 0.1) is 13.8 Å². The predicted molar refractivity (Wildman–Crippen MR) is 125 cm³/mol. The van der Waals surface area contributed by atoms with Crippen molar-refractivity contribution < 1.29 is 23.8 Å². The van der Waals surface area contributed by atoms with Crippen LogP contribution in [0.25, 0.3) is 5.76 Å². The molecule has 0 saturated carbocycles. The van der Waals surface area contributed by atoms with Crippen LogP contribution >= 0.6 is 27.5 Å². The number of hydrogen-bond acceptors (Lipinski definition) is 5. The number of methoxy groups -OCH3 is 1. The molecule has 1 N–H and O–H groups in total. The molecule has 0 spiro atoms. The maximum absolute atomic E-state index is 13.2. The lowest BCUT2D eigenvalue weighted by Gasteiger charge is -2.23. The fourth-order valence-corrected chi connectivity index (χ4v) is 4.44. The van der Waals surface area contributed by atoms with Gasteiger partial charge >= 0.3 is 0 Å². The van der Waals surface area contributed by atoms with E-state index in [0.717, 1.165) is 10.0 Å². The number of ketones is 1. The van der Waals surface area contributed by atoms with E-state index < -0.39 is 17.7 Å². The Hall–Kier alpha value is -3.03. The fraction of sp³-hybridized carbons (Fsp3) is 0.167. The van der Waals surface area contributed by atoms with Crippen LogP contribution in [0.3, 0.4) is 0 Å². The van der Waals surface area contributed by atoms with Crippen molar-refractivity contribution in [3.63, 3.8) is 0 Å². The van der Waals surface area contributed by atoms with Crippen molar-refractivity contribution in [1.29, 1.82) is 0 Å². The molecule has 0 aliphatic carbocycles. The smallest absolute Gasteiger partial charge is 0.300 e. The number of aliphatic hydroxyl groups excluding tert-OH is 1. The summed E-state index contributed by atoms with van der Waals surface area (Å²) in [6.07, 6.45) is 0. The summed E-state index contributed by atoms with van der Waals surface area (Å²) in [4.78, 5) is 27.7. The summed E-state index contributed by atoms with van der Waals surface area (Å²) in [6.45, 7) is 3.56. The maximum atomic E-state index is 13.2. The number of benzene rings is 2. The molecule has 164 valence electrons. The molecule has 0 bridgehead atoms. The molecule has 1 amide bonds. The first-order chi connectivity index (χ1) is 15.2. The molecule has 2 heterocycles. The number of aryl methyl sites for hydroxylation is 2. The molecule has 0 radical (unpaired) electrons. The number of anilines is 1. The van der Waals surface area contributed by atoms with Crippen LogP contribution in [-0.2, 0) is 9.59 Å². The van der Waals surface area contributed by atoms with Gasteiger partial charge in [0.1, 0.15) is 29.1 Å². The van der Waals surface area contributed by atoms with Crippen LogP contribution in [0.5, 0.6) is 5.75 Å². The number of furan rings is 1. The van der Waals surface area contributed by atoms with E-state index in [1.54, 1.807) is 62.4 Å². The molecule has 1 atom stereocenters. The topological polar surface area (TPSA) is 80.0 Å². The van der Waals surface area contributed by atoms with Crippen LogP contribution in [0.1, 0.15) is 28.7 Å². The molecule has 32 heavy (non-hydrogen) atoms. The van der Waals surface area contributed by atoms with E-state index in [0.29, 0.717) is 17.2 Å². The lowest BCUT2D eigenvalue weighted by molar-refractivity contribution is -0.132. The number of ether oxygens (including phenoxy) is 1. The zero-order valence-corrected chi connectivity index (χ0v) is 19.8. The van der Waals surface area contributed by atoms with Gasteiger partial charge in [-0.25, -0.2) is 0 Å². The highest BCUT2D eigenvalue weighted by molar-refractivity contribution is 9.10. The lowest BCUT2D eigenvalue weighted by atomic mass is 9.97. The van der Waals surface area contributed by atoms with Crippen LogP contribution in [0.15, 0.2) is 63.0 Å². The summed E-state index contributed by atoms with van der Waals surface area (Å²) < 4.78 is 12.0. The van der Waals surface area contributed by atoms with E-state index in [4.69, 9.17) is 20.8 Å². The Morgan fingerprint density at radius 1 is 1.12 bits per heavy atom. The second-order valence-corrected chi connectivity index (χ2v) is 8.74. The molecule has 8 heteroatoms. The Balaban J connectivity index is 1.99. The molecule has 1 aliphatic heterocycles. The molecular formula is C24H19BrClNO5. The van der Waals surface area contributed by atoms with Gasteiger partial charge in [-0.15, -0.1) is 0 Å². The fourth-order valence-electron chi connectivity index (χ4n) is 3.83. The monoisotopic (exact) mass is 515 g/mol. The van der Waals surface area contributed by atoms with Crippen molar-refractivity contribution in [2.75, 3.05) is 12.0 Å². The summed E-state index contributed by atoms with van der Waals surface area (Å²) in [5.41, 5.74) is 1.36. The Morgan fingerprint density at radius 3 is 2.41 bits per heavy atom. The van der Waals surface area contributed by atoms with Gasteiger partial charge in [0.25, 0.3) is 11.7 Å². The van der Waals surface area contributed by atoms with Crippen LogP contribution in [0.4, 0.5) is 5.69 Å². The molecule has 1 fully saturated rings. The molecule has 1 aliphatic rings. The Bertz CT molecular complexity index is 1260. The third-order valence-corrected chi connectivity index (χ3v) is 6.04. The molecule has 3 aromatic rings. The van der Waals surface area contributed by atoms with Crippen LogP contribution in [-0.4, -0.2) is 23.9 Å². The number of carbonyl (C=O) groups excluding carboxylic acids is 2. The highest BCUT2D eigenvalue weighted by atomic mass is 79.9. The molecule has 1 saturated heterocycles. The van der Waals surface area contributed by atoms with Crippen LogP contribution in [0.2, 0.25) is 5.02 Å². The van der Waals surface area contributed by atoms with Gasteiger partial charge in [-0.1, -0.05) is 27.5 Å². The summed E-state index contributed by atoms with van der Waals surface area (Å²) in [7, 11) is 1.42. The predicted octanol–water partition coefficient (Wildman–Crippen LogP) is 5.95. The number of aliphatic hydroxyl groups is 1. The van der Waals surface area contributed by atoms with E-state index in [9.17, 15) is 14.7 Å². The van der Waals surface area contributed by atoms with Crippen molar-refractivity contribution in [2.45, 2.75) is 19.9 Å². The van der Waals surface area contributed by atoms with Crippen molar-refractivity contribution >= 4 is 50.7 Å². The van der Waals surface area contributed by atoms with Gasteiger partial charge in [-0.2, -0.15) is 0 Å². The van der Waals surface area contributed by atoms with Crippen molar-refractivity contribution in [3.8, 4) is 5.75 Å². The first-order valence-corrected chi connectivity index (χ1v) is 10.9. The van der Waals surface area contributed by atoms with Gasteiger partial charge in [-0.05, 0) is 67.9 Å². The summed E-state index contributed by atoms with van der Waals surface area (Å²) in [5, 5.41) is 11.6. The van der Waals surface area contributed by atoms with Gasteiger partial charge < -0.3 is 14.3 Å². The molecular weight excluding hydrogens is 498 g/mol. The number of rotatable bonds is 4. The number of carbonyl (C=O) groups is 2. The molecule has 1 aromatic heterocycles. The van der Waals surface area contributed by atoms with Crippen LogP contribution < -0.4 is 9.64 Å². The Kier molecular flexibility index (Phi) is 5.88. The van der Waals surface area contributed by atoms with E-state index in [1.807, 2.05) is 0 Å². The number of hydrogen-bond donors (Lipinski definition) is 1. The first kappa shape index (κ1) is 22.2. The average molecular weight is 517 g/mol. The minimum atomic E-state index is -0.964. The van der Waals surface area contributed by atoms with Gasteiger partial charge in [0.15, 0.2) is 0 Å². The third kappa shape index (κ3) is 3.72. The molecule has 6 nitrogen and oxygen atoms in total. The van der Waals surface area contributed by atoms with E-state index in [1.165, 1.54) is 12.0 Å². The maximum Gasteiger partial charge on any atom is 0.300 e. The quantitative estimate of drug-likeness (QED) is 0.263. The molecule has 4 rings (SSSR count). The largest absolute Gasteiger partial charge is 0.507 e. The number of nitrogens with zero attached hydrogens (tertiary/aromatic N) is 1. The van der Waals surface area contributed by atoms with Crippen molar-refractivity contribution in [2.24, 2.45) is 0 Å². The van der Waals surface area contributed by atoms with E-state index in [-0.39, 0.29) is 27.7 Å². The minimum Gasteiger partial charge on any atom is -0.507 e. The van der Waals surface area contributed by atoms with Crippen molar-refractivity contribution in [1.82, 2.24) is 0 Å². The summed E-state index contributed by atoms with van der Waals surface area (Å²) in [5.74, 6) is -0.820. The first-order valence-electron chi connectivity index (χ1n) is 9.70. The minimum absolute atomic E-state index is 0.104. The van der Waals surface area contributed by atoms with E-state index in [2.05, 4.69) is 15.9 Å². The van der Waals surface area contributed by atoms with Gasteiger partial charge in [0.05, 0.1) is 23.3 Å². The number of Topliss-reactive ketones (excluding diaryl/α,β-unsaturated/α-hetero) is 1. The van der Waals surface area contributed by atoms with Gasteiger partial charge in [0, 0.05) is 10.2 Å². The Labute approximate surface area is 198 Å². The highest BCUT2D eigenvalue weighted by Crippen LogP contribution is 2.45.